The minimum Gasteiger partial charge on any atom is -0.335 e. The number of nitrogens with zero attached hydrogens (tertiary/aromatic N) is 1. The predicted molar refractivity (Wildman–Crippen MR) is 127 cm³/mol. The number of carbonyl (C=O) groups excluding carboxylic acids is 3. The van der Waals surface area contributed by atoms with Crippen LogP contribution >= 0.6 is 11.6 Å². The van der Waals surface area contributed by atoms with E-state index in [9.17, 15) is 22.8 Å². The van der Waals surface area contributed by atoms with Gasteiger partial charge in [0.05, 0.1) is 21.9 Å². The Balaban J connectivity index is 1.93. The molecule has 3 atom stereocenters. The van der Waals surface area contributed by atoms with Crippen LogP contribution in [0.1, 0.15) is 54.4 Å². The molecule has 0 radical (unpaired) electrons. The maximum atomic E-state index is 13.6. The molecule has 8 heteroatoms. The lowest BCUT2D eigenvalue weighted by Gasteiger charge is -2.30. The van der Waals surface area contributed by atoms with Crippen molar-refractivity contribution in [2.24, 2.45) is 5.92 Å². The number of ketones is 2. The van der Waals surface area contributed by atoms with Gasteiger partial charge < -0.3 is 4.90 Å². The topological polar surface area (TPSA) is 88.6 Å². The third-order valence-corrected chi connectivity index (χ3v) is 7.95. The monoisotopic (exact) mass is 489 g/mol. The van der Waals surface area contributed by atoms with Gasteiger partial charge in [0.15, 0.2) is 15.6 Å². The molecule has 1 unspecified atom stereocenters. The lowest BCUT2D eigenvalue weighted by molar-refractivity contribution is -0.133. The molecule has 0 aromatic heterocycles. The summed E-state index contributed by atoms with van der Waals surface area (Å²) in [6, 6.07) is 12.5. The van der Waals surface area contributed by atoms with Crippen LogP contribution in [0.4, 0.5) is 0 Å². The van der Waals surface area contributed by atoms with Gasteiger partial charge in [0.1, 0.15) is 5.78 Å². The summed E-state index contributed by atoms with van der Waals surface area (Å²) in [6.07, 6.45) is 3.36. The van der Waals surface area contributed by atoms with Gasteiger partial charge in [-0.3, -0.25) is 14.4 Å². The van der Waals surface area contributed by atoms with Crippen LogP contribution in [0.2, 0.25) is 5.02 Å². The molecular weight excluding hydrogens is 462 g/mol. The van der Waals surface area contributed by atoms with Gasteiger partial charge in [0.2, 0.25) is 5.91 Å². The molecule has 0 bridgehead atoms. The van der Waals surface area contributed by atoms with Gasteiger partial charge in [-0.15, -0.1) is 0 Å². The SMILES string of the molecule is C[C@H](C(=O)c1ccccc1)N(C)C(=O)[C@H](CC1CCCC1=O)c1ccc(S(C)(=O)=O)c(Cl)c1. The lowest BCUT2D eigenvalue weighted by Crippen LogP contribution is -2.43. The first-order valence-electron chi connectivity index (χ1n) is 10.9. The molecule has 1 aliphatic carbocycles. The van der Waals surface area contributed by atoms with E-state index in [2.05, 4.69) is 0 Å². The number of carbonyl (C=O) groups is 3. The third kappa shape index (κ3) is 5.71. The summed E-state index contributed by atoms with van der Waals surface area (Å²) in [5, 5.41) is 0.0293. The van der Waals surface area contributed by atoms with Gasteiger partial charge in [-0.1, -0.05) is 48.0 Å². The van der Waals surface area contributed by atoms with Crippen molar-refractivity contribution in [1.29, 1.82) is 0 Å². The largest absolute Gasteiger partial charge is 0.335 e. The van der Waals surface area contributed by atoms with E-state index in [-0.39, 0.29) is 33.3 Å². The molecule has 3 rings (SSSR count). The number of hydrogen-bond acceptors (Lipinski definition) is 5. The van der Waals surface area contributed by atoms with Crippen LogP contribution in [0.15, 0.2) is 53.4 Å². The van der Waals surface area contributed by atoms with Crippen molar-refractivity contribution in [1.82, 2.24) is 4.90 Å². The summed E-state index contributed by atoms with van der Waals surface area (Å²) in [4.78, 5) is 40.2. The van der Waals surface area contributed by atoms with Crippen molar-refractivity contribution in [2.75, 3.05) is 13.3 Å². The second kappa shape index (κ2) is 10.2. The average Bonchev–Trinajstić information content (AvgIpc) is 3.19. The van der Waals surface area contributed by atoms with E-state index in [1.165, 1.54) is 17.0 Å². The smallest absolute Gasteiger partial charge is 0.230 e. The standard InChI is InChI=1S/C25H28ClNO5S/c1-16(24(29)17-8-5-4-6-9-17)27(2)25(30)20(14-19-10-7-11-22(19)28)18-12-13-23(21(26)15-18)33(3,31)32/h4-6,8-9,12-13,15-16,19-20H,7,10-11,14H2,1-3H3/t16-,19?,20-/m1/s1. The molecule has 1 aliphatic rings. The van der Waals surface area contributed by atoms with E-state index in [0.29, 0.717) is 30.4 Å². The van der Waals surface area contributed by atoms with Crippen LogP contribution in [-0.2, 0) is 19.4 Å². The molecule has 2 aromatic rings. The number of Topliss-reactive ketones (excluding diaryl/α,β-unsaturated/α-hetero) is 2. The van der Waals surface area contributed by atoms with Crippen molar-refractivity contribution in [3.63, 3.8) is 0 Å². The highest BCUT2D eigenvalue weighted by molar-refractivity contribution is 7.90. The zero-order chi connectivity index (χ0) is 24.3. The fraction of sp³-hybridized carbons (Fsp3) is 0.400. The molecule has 0 aliphatic heterocycles. The van der Waals surface area contributed by atoms with Crippen molar-refractivity contribution in [2.45, 2.75) is 49.5 Å². The quantitative estimate of drug-likeness (QED) is 0.515. The van der Waals surface area contributed by atoms with E-state index < -0.39 is 21.8 Å². The Labute approximate surface area is 199 Å². The average molecular weight is 490 g/mol. The maximum Gasteiger partial charge on any atom is 0.230 e. The van der Waals surface area contributed by atoms with Crippen LogP contribution in [0.3, 0.4) is 0 Å². The Bertz CT molecular complexity index is 1160. The first-order valence-corrected chi connectivity index (χ1v) is 13.2. The summed E-state index contributed by atoms with van der Waals surface area (Å²) >= 11 is 6.26. The zero-order valence-corrected chi connectivity index (χ0v) is 20.5. The fourth-order valence-corrected chi connectivity index (χ4v) is 5.63. The van der Waals surface area contributed by atoms with E-state index in [1.807, 2.05) is 6.07 Å². The number of hydrogen-bond donors (Lipinski definition) is 0. The summed E-state index contributed by atoms with van der Waals surface area (Å²) in [5.74, 6) is -1.34. The van der Waals surface area contributed by atoms with Crippen LogP contribution in [0, 0.1) is 5.92 Å². The van der Waals surface area contributed by atoms with E-state index in [4.69, 9.17) is 11.6 Å². The van der Waals surface area contributed by atoms with E-state index in [1.54, 1.807) is 44.3 Å². The highest BCUT2D eigenvalue weighted by atomic mass is 35.5. The van der Waals surface area contributed by atoms with Crippen LogP contribution in [-0.4, -0.2) is 50.1 Å². The Kier molecular flexibility index (Phi) is 7.75. The van der Waals surface area contributed by atoms with Gasteiger partial charge in [0.25, 0.3) is 0 Å². The Hall–Kier alpha value is -2.51. The molecule has 6 nitrogen and oxygen atoms in total. The molecule has 0 heterocycles. The molecule has 1 amide bonds. The Morgan fingerprint density at radius 1 is 1.15 bits per heavy atom. The Morgan fingerprint density at radius 2 is 1.82 bits per heavy atom. The summed E-state index contributed by atoms with van der Waals surface area (Å²) in [7, 11) is -1.95. The van der Waals surface area contributed by atoms with Crippen molar-refractivity contribution >= 4 is 38.9 Å². The van der Waals surface area contributed by atoms with Gasteiger partial charge in [-0.2, -0.15) is 0 Å². The number of benzene rings is 2. The third-order valence-electron chi connectivity index (χ3n) is 6.37. The molecule has 33 heavy (non-hydrogen) atoms. The van der Waals surface area contributed by atoms with Crippen LogP contribution < -0.4 is 0 Å². The van der Waals surface area contributed by atoms with Crippen molar-refractivity contribution < 1.29 is 22.8 Å². The number of halogens is 1. The molecular formula is C25H28ClNO5S. The summed E-state index contributed by atoms with van der Waals surface area (Å²) in [5.41, 5.74) is 1.04. The van der Waals surface area contributed by atoms with E-state index >= 15 is 0 Å². The molecule has 0 saturated heterocycles. The minimum atomic E-state index is -3.53. The Morgan fingerprint density at radius 3 is 2.36 bits per heavy atom. The van der Waals surface area contributed by atoms with Gasteiger partial charge in [0, 0.05) is 31.2 Å². The van der Waals surface area contributed by atoms with Crippen molar-refractivity contribution in [3.05, 3.63) is 64.7 Å². The number of rotatable bonds is 8. The number of likely N-dealkylation sites (N-methyl/N-ethyl adjacent to an activating group) is 1. The molecule has 176 valence electrons. The predicted octanol–water partition coefficient (Wildman–Crippen LogP) is 4.32. The van der Waals surface area contributed by atoms with Crippen LogP contribution in [0.5, 0.6) is 0 Å². The van der Waals surface area contributed by atoms with E-state index in [0.717, 1.165) is 12.7 Å². The first-order chi connectivity index (χ1) is 15.5. The lowest BCUT2D eigenvalue weighted by atomic mass is 9.86. The first kappa shape index (κ1) is 25.1. The fourth-order valence-electron chi connectivity index (χ4n) is 4.29. The molecule has 1 saturated carbocycles. The second-order valence-corrected chi connectivity index (χ2v) is 11.1. The molecule has 1 fully saturated rings. The van der Waals surface area contributed by atoms with Gasteiger partial charge in [-0.25, -0.2) is 8.42 Å². The maximum absolute atomic E-state index is 13.6. The highest BCUT2D eigenvalue weighted by Crippen LogP contribution is 2.35. The summed E-state index contributed by atoms with van der Waals surface area (Å²) in [6.45, 7) is 1.67. The zero-order valence-electron chi connectivity index (χ0n) is 19.0. The number of sulfone groups is 1. The minimum absolute atomic E-state index is 0.0166. The van der Waals surface area contributed by atoms with Gasteiger partial charge >= 0.3 is 0 Å². The second-order valence-electron chi connectivity index (χ2n) is 8.66. The molecule has 2 aromatic carbocycles. The van der Waals surface area contributed by atoms with Crippen LogP contribution in [0.25, 0.3) is 0 Å². The molecule has 0 spiro atoms. The van der Waals surface area contributed by atoms with Gasteiger partial charge in [-0.05, 0) is 43.9 Å². The number of amides is 1. The summed E-state index contributed by atoms with van der Waals surface area (Å²) < 4.78 is 23.9. The molecule has 0 N–H and O–H groups in total. The van der Waals surface area contributed by atoms with Crippen molar-refractivity contribution in [3.8, 4) is 0 Å². The highest BCUT2D eigenvalue weighted by Gasteiger charge is 2.35. The normalized spacial score (nSPS) is 18.1.